The number of benzene rings is 2. The lowest BCUT2D eigenvalue weighted by atomic mass is 9.98. The van der Waals surface area contributed by atoms with Crippen LogP contribution in [0.5, 0.6) is 0 Å². The number of carbonyl (C=O) groups is 1. The molecule has 0 atom stereocenters. The maximum atomic E-state index is 12.4. The molecule has 0 aliphatic heterocycles. The summed E-state index contributed by atoms with van der Waals surface area (Å²) in [6.07, 6.45) is 0.641. The largest absolute Gasteiger partial charge is 0.326 e. The van der Waals surface area contributed by atoms with E-state index in [1.165, 1.54) is 0 Å². The van der Waals surface area contributed by atoms with Gasteiger partial charge in [-0.15, -0.1) is 0 Å². The fourth-order valence-electron chi connectivity index (χ4n) is 3.03. The third-order valence-electron chi connectivity index (χ3n) is 4.44. The molecule has 0 bridgehead atoms. The smallest absolute Gasteiger partial charge is 0.258 e. The summed E-state index contributed by atoms with van der Waals surface area (Å²) in [4.78, 5) is 31.7. The van der Waals surface area contributed by atoms with Gasteiger partial charge in [-0.05, 0) is 36.1 Å². The number of nitrogens with zero attached hydrogens (tertiary/aromatic N) is 1. The molecule has 0 saturated carbocycles. The molecule has 1 aromatic heterocycles. The molecule has 0 unspecified atom stereocenters. The average molecular weight is 349 g/mol. The monoisotopic (exact) mass is 349 g/mol. The van der Waals surface area contributed by atoms with E-state index in [2.05, 4.69) is 29.1 Å². The summed E-state index contributed by atoms with van der Waals surface area (Å²) in [6, 6.07) is 13.2. The van der Waals surface area contributed by atoms with E-state index in [-0.39, 0.29) is 17.9 Å². The molecule has 1 amide bonds. The Labute approximate surface area is 152 Å². The summed E-state index contributed by atoms with van der Waals surface area (Å²) < 4.78 is 0. The van der Waals surface area contributed by atoms with Crippen LogP contribution in [0, 0.1) is 6.92 Å². The predicted octanol–water partition coefficient (Wildman–Crippen LogP) is 3.93. The van der Waals surface area contributed by atoms with E-state index >= 15 is 0 Å². The highest BCUT2D eigenvalue weighted by molar-refractivity contribution is 5.92. The molecule has 3 aromatic rings. The lowest BCUT2D eigenvalue weighted by Gasteiger charge is -2.16. The number of aromatic amines is 1. The van der Waals surface area contributed by atoms with Gasteiger partial charge in [0.15, 0.2) is 0 Å². The van der Waals surface area contributed by atoms with Crippen LogP contribution in [0.4, 0.5) is 5.69 Å². The number of H-pyrrole nitrogens is 1. The molecule has 134 valence electrons. The maximum absolute atomic E-state index is 12.4. The number of anilines is 1. The zero-order chi connectivity index (χ0) is 18.7. The van der Waals surface area contributed by atoms with Crippen molar-refractivity contribution in [2.45, 2.75) is 39.5 Å². The van der Waals surface area contributed by atoms with Crippen LogP contribution in [-0.4, -0.2) is 15.9 Å². The van der Waals surface area contributed by atoms with Crippen LogP contribution in [0.15, 0.2) is 47.3 Å². The topological polar surface area (TPSA) is 74.8 Å². The van der Waals surface area contributed by atoms with E-state index in [0.29, 0.717) is 29.1 Å². The van der Waals surface area contributed by atoms with Crippen LogP contribution >= 0.6 is 0 Å². The SMILES string of the molecule is Cc1cccc(C(C)C)c1NC(=O)CCc1nc2ccccc2c(=O)[nH]1. The Bertz CT molecular complexity index is 1010. The molecule has 0 fully saturated rings. The van der Waals surface area contributed by atoms with Crippen LogP contribution in [0.25, 0.3) is 10.9 Å². The second kappa shape index (κ2) is 7.52. The van der Waals surface area contributed by atoms with Gasteiger partial charge < -0.3 is 10.3 Å². The van der Waals surface area contributed by atoms with Crippen LogP contribution in [-0.2, 0) is 11.2 Å². The molecule has 0 saturated heterocycles. The third-order valence-corrected chi connectivity index (χ3v) is 4.44. The zero-order valence-corrected chi connectivity index (χ0v) is 15.3. The van der Waals surface area contributed by atoms with Gasteiger partial charge in [0, 0.05) is 18.5 Å². The summed E-state index contributed by atoms with van der Waals surface area (Å²) >= 11 is 0. The highest BCUT2D eigenvalue weighted by Crippen LogP contribution is 2.27. The highest BCUT2D eigenvalue weighted by atomic mass is 16.1. The molecule has 5 heteroatoms. The minimum absolute atomic E-state index is 0.0861. The standard InChI is InChI=1S/C21H23N3O2/c1-13(2)15-9-6-7-14(3)20(15)24-19(25)12-11-18-22-17-10-5-4-8-16(17)21(26)23-18/h4-10,13H,11-12H2,1-3H3,(H,24,25)(H,22,23,26). The van der Waals surface area contributed by atoms with Gasteiger partial charge in [-0.2, -0.15) is 0 Å². The van der Waals surface area contributed by atoms with Gasteiger partial charge in [0.2, 0.25) is 5.91 Å². The van der Waals surface area contributed by atoms with Crippen molar-refractivity contribution in [3.63, 3.8) is 0 Å². The van der Waals surface area contributed by atoms with Crippen molar-refractivity contribution in [3.05, 3.63) is 69.8 Å². The molecular weight excluding hydrogens is 326 g/mol. The predicted molar refractivity (Wildman–Crippen MR) is 105 cm³/mol. The lowest BCUT2D eigenvalue weighted by molar-refractivity contribution is -0.116. The van der Waals surface area contributed by atoms with Crippen molar-refractivity contribution in [2.75, 3.05) is 5.32 Å². The number of para-hydroxylation sites is 2. The van der Waals surface area contributed by atoms with Crippen LogP contribution in [0.1, 0.15) is 43.1 Å². The Morgan fingerprint density at radius 2 is 1.92 bits per heavy atom. The number of hydrogen-bond donors (Lipinski definition) is 2. The van der Waals surface area contributed by atoms with Gasteiger partial charge in [0.25, 0.3) is 5.56 Å². The summed E-state index contributed by atoms with van der Waals surface area (Å²) in [5.74, 6) is 0.762. The first-order valence-corrected chi connectivity index (χ1v) is 8.83. The molecule has 26 heavy (non-hydrogen) atoms. The number of hydrogen-bond acceptors (Lipinski definition) is 3. The number of amides is 1. The van der Waals surface area contributed by atoms with Crippen molar-refractivity contribution in [1.82, 2.24) is 9.97 Å². The highest BCUT2D eigenvalue weighted by Gasteiger charge is 2.13. The van der Waals surface area contributed by atoms with Crippen LogP contribution in [0.2, 0.25) is 0 Å². The molecule has 5 nitrogen and oxygen atoms in total. The Hall–Kier alpha value is -2.95. The summed E-state index contributed by atoms with van der Waals surface area (Å²) in [5.41, 5.74) is 3.52. The van der Waals surface area contributed by atoms with Crippen LogP contribution < -0.4 is 10.9 Å². The summed E-state index contributed by atoms with van der Waals surface area (Å²) in [7, 11) is 0. The lowest BCUT2D eigenvalue weighted by Crippen LogP contribution is -2.17. The first kappa shape index (κ1) is 17.9. The fourth-order valence-corrected chi connectivity index (χ4v) is 3.03. The third kappa shape index (κ3) is 3.82. The second-order valence-electron chi connectivity index (χ2n) is 6.77. The Morgan fingerprint density at radius 3 is 2.69 bits per heavy atom. The summed E-state index contributed by atoms with van der Waals surface area (Å²) in [6.45, 7) is 6.20. The molecule has 0 radical (unpaired) electrons. The molecule has 2 N–H and O–H groups in total. The van der Waals surface area contributed by atoms with E-state index in [1.54, 1.807) is 18.2 Å². The number of aryl methyl sites for hydroxylation is 2. The molecule has 2 aromatic carbocycles. The van der Waals surface area contributed by atoms with Crippen molar-refractivity contribution in [2.24, 2.45) is 0 Å². The number of fused-ring (bicyclic) bond motifs is 1. The second-order valence-corrected chi connectivity index (χ2v) is 6.77. The number of nitrogens with one attached hydrogen (secondary N) is 2. The molecule has 3 rings (SSSR count). The Balaban J connectivity index is 1.73. The Morgan fingerprint density at radius 1 is 1.15 bits per heavy atom. The van der Waals surface area contributed by atoms with Crippen molar-refractivity contribution in [3.8, 4) is 0 Å². The van der Waals surface area contributed by atoms with Gasteiger partial charge in [0.05, 0.1) is 10.9 Å². The average Bonchev–Trinajstić information content (AvgIpc) is 2.61. The first-order chi connectivity index (χ1) is 12.5. The minimum atomic E-state index is -0.174. The van der Waals surface area contributed by atoms with Gasteiger partial charge in [0.1, 0.15) is 5.82 Å². The fraction of sp³-hybridized carbons (Fsp3) is 0.286. The van der Waals surface area contributed by atoms with E-state index < -0.39 is 0 Å². The van der Waals surface area contributed by atoms with Crippen molar-refractivity contribution >= 4 is 22.5 Å². The first-order valence-electron chi connectivity index (χ1n) is 8.83. The number of aromatic nitrogens is 2. The normalized spacial score (nSPS) is 11.1. The van der Waals surface area contributed by atoms with Gasteiger partial charge in [-0.25, -0.2) is 4.98 Å². The molecule has 0 aliphatic rings. The maximum Gasteiger partial charge on any atom is 0.258 e. The zero-order valence-electron chi connectivity index (χ0n) is 15.3. The van der Waals surface area contributed by atoms with Crippen molar-refractivity contribution in [1.29, 1.82) is 0 Å². The quantitative estimate of drug-likeness (QED) is 0.733. The molecular formula is C21H23N3O2. The minimum Gasteiger partial charge on any atom is -0.326 e. The number of carbonyl (C=O) groups excluding carboxylic acids is 1. The molecule has 1 heterocycles. The number of rotatable bonds is 5. The molecule has 0 spiro atoms. The van der Waals surface area contributed by atoms with Gasteiger partial charge >= 0.3 is 0 Å². The van der Waals surface area contributed by atoms with Gasteiger partial charge in [-0.3, -0.25) is 9.59 Å². The molecule has 0 aliphatic carbocycles. The van der Waals surface area contributed by atoms with E-state index in [4.69, 9.17) is 0 Å². The van der Waals surface area contributed by atoms with Crippen LogP contribution in [0.3, 0.4) is 0 Å². The van der Waals surface area contributed by atoms with E-state index in [0.717, 1.165) is 16.8 Å². The van der Waals surface area contributed by atoms with Crippen molar-refractivity contribution < 1.29 is 4.79 Å². The Kier molecular flexibility index (Phi) is 5.16. The summed E-state index contributed by atoms with van der Waals surface area (Å²) in [5, 5.41) is 3.58. The van der Waals surface area contributed by atoms with E-state index in [1.807, 2.05) is 31.2 Å². The van der Waals surface area contributed by atoms with Gasteiger partial charge in [-0.1, -0.05) is 44.2 Å². The van der Waals surface area contributed by atoms with E-state index in [9.17, 15) is 9.59 Å².